The summed E-state index contributed by atoms with van der Waals surface area (Å²) in [5, 5.41) is 9.69. The zero-order chi connectivity index (χ0) is 31.3. The van der Waals surface area contributed by atoms with Crippen LogP contribution in [0.25, 0.3) is 0 Å². The van der Waals surface area contributed by atoms with Crippen molar-refractivity contribution >= 4 is 0 Å². The van der Waals surface area contributed by atoms with Crippen molar-refractivity contribution in [2.45, 2.75) is 77.1 Å². The maximum Gasteiger partial charge on any atom is 0.187 e. The van der Waals surface area contributed by atoms with E-state index in [0.29, 0.717) is 25.4 Å². The molecule has 0 radical (unpaired) electrons. The summed E-state index contributed by atoms with van der Waals surface area (Å²) in [6.45, 7) is 5.51. The maximum atomic E-state index is 9.69. The quantitative estimate of drug-likeness (QED) is 0.144. The van der Waals surface area contributed by atoms with Gasteiger partial charge in [0.05, 0.1) is 50.8 Å². The molecule has 5 rings (SSSR count). The van der Waals surface area contributed by atoms with Crippen molar-refractivity contribution in [1.82, 2.24) is 0 Å². The molecule has 0 aromatic heterocycles. The topological polar surface area (TPSA) is 79.2 Å². The van der Waals surface area contributed by atoms with Crippen LogP contribution < -0.4 is 0 Å². The minimum atomic E-state index is -0.762. The first-order valence-corrected chi connectivity index (χ1v) is 15.4. The second-order valence-electron chi connectivity index (χ2n) is 11.3. The van der Waals surface area contributed by atoms with Crippen LogP contribution in [0.4, 0.5) is 0 Å². The highest BCUT2D eigenvalue weighted by molar-refractivity contribution is 5.36. The van der Waals surface area contributed by atoms with E-state index in [-0.39, 0.29) is 19.3 Å². The first-order chi connectivity index (χ1) is 22.1. The standard InChI is InChI=1S/C38H41NO6/c1-28(2)44-38-37(43-26-33-21-13-12-20-32(33)22-39)36(42-25-31-18-10-5-11-19-31)35(41-24-30-16-8-4-9-17-30)34(45-38)27-40-23-29-14-6-3-7-15-29/h3-21,28,34-38H,23-27H2,1-2H3/t34-,35-,36+,37-,38-/m1/s1. The Kier molecular flexibility index (Phi) is 12.3. The minimum absolute atomic E-state index is 0.144. The SMILES string of the molecule is CC(C)O[C@@H]1O[C@H](COCc2ccccc2)[C@@H](OCc2ccccc2)[C@H](OCc2ccccc2)[C@H]1OCc1ccccc1C#N. The molecule has 1 heterocycles. The van der Waals surface area contributed by atoms with E-state index in [0.717, 1.165) is 22.3 Å². The van der Waals surface area contributed by atoms with Crippen molar-refractivity contribution in [3.8, 4) is 6.07 Å². The predicted molar refractivity (Wildman–Crippen MR) is 171 cm³/mol. The molecule has 1 saturated heterocycles. The molecule has 4 aromatic carbocycles. The molecule has 4 aromatic rings. The van der Waals surface area contributed by atoms with Gasteiger partial charge in [0.25, 0.3) is 0 Å². The van der Waals surface area contributed by atoms with Gasteiger partial charge >= 0.3 is 0 Å². The second-order valence-corrected chi connectivity index (χ2v) is 11.3. The summed E-state index contributed by atoms with van der Waals surface area (Å²) < 4.78 is 39.1. The predicted octanol–water partition coefficient (Wildman–Crippen LogP) is 6.98. The van der Waals surface area contributed by atoms with Crippen LogP contribution in [0.5, 0.6) is 0 Å². The second kappa shape index (κ2) is 17.0. The summed E-state index contributed by atoms with van der Waals surface area (Å²) in [5.41, 5.74) is 4.46. The normalized spacial score (nSPS) is 21.4. The average molecular weight is 608 g/mol. The largest absolute Gasteiger partial charge is 0.374 e. The number of nitrogens with zero attached hydrogens (tertiary/aromatic N) is 1. The Labute approximate surface area is 266 Å². The van der Waals surface area contributed by atoms with E-state index in [1.54, 1.807) is 6.07 Å². The van der Waals surface area contributed by atoms with Gasteiger partial charge in [0.1, 0.15) is 24.4 Å². The number of hydrogen-bond acceptors (Lipinski definition) is 7. The highest BCUT2D eigenvalue weighted by Crippen LogP contribution is 2.32. The van der Waals surface area contributed by atoms with Crippen LogP contribution in [0.1, 0.15) is 41.7 Å². The molecule has 45 heavy (non-hydrogen) atoms. The number of hydrogen-bond donors (Lipinski definition) is 0. The molecule has 0 spiro atoms. The van der Waals surface area contributed by atoms with E-state index in [1.165, 1.54) is 0 Å². The van der Waals surface area contributed by atoms with Crippen LogP contribution >= 0.6 is 0 Å². The van der Waals surface area contributed by atoms with Crippen molar-refractivity contribution in [1.29, 1.82) is 5.26 Å². The van der Waals surface area contributed by atoms with Crippen LogP contribution in [0.2, 0.25) is 0 Å². The number of rotatable bonds is 15. The minimum Gasteiger partial charge on any atom is -0.374 e. The van der Waals surface area contributed by atoms with Crippen LogP contribution in [0, 0.1) is 11.3 Å². The van der Waals surface area contributed by atoms with E-state index in [1.807, 2.05) is 123 Å². The summed E-state index contributed by atoms with van der Waals surface area (Å²) in [4.78, 5) is 0. The van der Waals surface area contributed by atoms with Crippen molar-refractivity contribution < 1.29 is 28.4 Å². The van der Waals surface area contributed by atoms with Crippen LogP contribution in [0.3, 0.4) is 0 Å². The molecule has 1 aliphatic heterocycles. The van der Waals surface area contributed by atoms with Gasteiger partial charge in [-0.05, 0) is 42.2 Å². The van der Waals surface area contributed by atoms with Crippen molar-refractivity contribution in [3.05, 3.63) is 143 Å². The van der Waals surface area contributed by atoms with Gasteiger partial charge in [0.2, 0.25) is 0 Å². The van der Waals surface area contributed by atoms with Crippen LogP contribution in [0.15, 0.2) is 115 Å². The third-order valence-electron chi connectivity index (χ3n) is 7.53. The van der Waals surface area contributed by atoms with Gasteiger partial charge in [-0.15, -0.1) is 0 Å². The lowest BCUT2D eigenvalue weighted by molar-refractivity contribution is -0.334. The lowest BCUT2D eigenvalue weighted by Crippen LogP contribution is -2.62. The number of nitriles is 1. The molecule has 234 valence electrons. The lowest BCUT2D eigenvalue weighted by Gasteiger charge is -2.46. The number of benzene rings is 4. The Morgan fingerprint density at radius 2 is 1.13 bits per heavy atom. The zero-order valence-corrected chi connectivity index (χ0v) is 25.9. The molecular formula is C38H41NO6. The lowest BCUT2D eigenvalue weighted by atomic mass is 9.97. The van der Waals surface area contributed by atoms with E-state index in [4.69, 9.17) is 28.4 Å². The molecule has 5 atom stereocenters. The fourth-order valence-corrected chi connectivity index (χ4v) is 5.30. The third kappa shape index (κ3) is 9.56. The molecule has 0 amide bonds. The Bertz CT molecular complexity index is 1460. The molecule has 1 aliphatic rings. The molecule has 7 nitrogen and oxygen atoms in total. The smallest absolute Gasteiger partial charge is 0.187 e. The molecule has 0 saturated carbocycles. The van der Waals surface area contributed by atoms with Crippen molar-refractivity contribution in [2.24, 2.45) is 0 Å². The van der Waals surface area contributed by atoms with Gasteiger partial charge in [-0.1, -0.05) is 109 Å². The Morgan fingerprint density at radius 1 is 0.622 bits per heavy atom. The third-order valence-corrected chi connectivity index (χ3v) is 7.53. The van der Waals surface area contributed by atoms with Gasteiger partial charge in [-0.2, -0.15) is 5.26 Å². The summed E-state index contributed by atoms with van der Waals surface area (Å²) in [6, 6.07) is 39.8. The van der Waals surface area contributed by atoms with E-state index >= 15 is 0 Å². The van der Waals surface area contributed by atoms with E-state index in [2.05, 4.69) is 6.07 Å². The van der Waals surface area contributed by atoms with Gasteiger partial charge < -0.3 is 28.4 Å². The van der Waals surface area contributed by atoms with Crippen molar-refractivity contribution in [3.63, 3.8) is 0 Å². The van der Waals surface area contributed by atoms with Gasteiger partial charge in [-0.3, -0.25) is 0 Å². The highest BCUT2D eigenvalue weighted by Gasteiger charge is 2.49. The summed E-state index contributed by atoms with van der Waals surface area (Å²) >= 11 is 0. The van der Waals surface area contributed by atoms with Gasteiger partial charge in [0, 0.05) is 0 Å². The Morgan fingerprint density at radius 3 is 1.71 bits per heavy atom. The fraction of sp³-hybridized carbons (Fsp3) is 0.342. The molecule has 0 N–H and O–H groups in total. The van der Waals surface area contributed by atoms with Crippen molar-refractivity contribution in [2.75, 3.05) is 6.61 Å². The number of ether oxygens (including phenoxy) is 6. The molecule has 0 bridgehead atoms. The molecule has 1 fully saturated rings. The van der Waals surface area contributed by atoms with E-state index in [9.17, 15) is 5.26 Å². The molecule has 7 heteroatoms. The summed E-state index contributed by atoms with van der Waals surface area (Å²) in [5.74, 6) is 0. The van der Waals surface area contributed by atoms with Crippen LogP contribution in [-0.2, 0) is 54.8 Å². The van der Waals surface area contributed by atoms with Crippen LogP contribution in [-0.4, -0.2) is 43.4 Å². The fourth-order valence-electron chi connectivity index (χ4n) is 5.30. The highest BCUT2D eigenvalue weighted by atomic mass is 16.7. The molecule has 0 unspecified atom stereocenters. The monoisotopic (exact) mass is 607 g/mol. The Balaban J connectivity index is 1.44. The Hall–Kier alpha value is -3.87. The molecule has 0 aliphatic carbocycles. The van der Waals surface area contributed by atoms with E-state index < -0.39 is 30.7 Å². The van der Waals surface area contributed by atoms with Gasteiger partial charge in [0.15, 0.2) is 6.29 Å². The maximum absolute atomic E-state index is 9.69. The summed E-state index contributed by atoms with van der Waals surface area (Å²) in [6.07, 6.45) is -3.20. The first-order valence-electron chi connectivity index (χ1n) is 15.4. The summed E-state index contributed by atoms with van der Waals surface area (Å²) in [7, 11) is 0. The zero-order valence-electron chi connectivity index (χ0n) is 25.9. The first kappa shape index (κ1) is 32.5. The van der Waals surface area contributed by atoms with Gasteiger partial charge in [-0.25, -0.2) is 0 Å². The molecular weight excluding hydrogens is 566 g/mol. The average Bonchev–Trinajstić information content (AvgIpc) is 3.07.